The molecule has 3 heterocycles. The summed E-state index contributed by atoms with van der Waals surface area (Å²) in [6, 6.07) is 13.3. The zero-order valence-electron chi connectivity index (χ0n) is 17.7. The van der Waals surface area contributed by atoms with E-state index in [9.17, 15) is 9.59 Å². The van der Waals surface area contributed by atoms with Crippen LogP contribution in [0.2, 0.25) is 0 Å². The summed E-state index contributed by atoms with van der Waals surface area (Å²) in [5.41, 5.74) is 1.28. The summed E-state index contributed by atoms with van der Waals surface area (Å²) in [6.07, 6.45) is 1.25. The largest absolute Gasteiger partial charge is 0.370 e. The number of carbonyl (C=O) groups is 2. The lowest BCUT2D eigenvalue weighted by atomic mass is 10.0. The Morgan fingerprint density at radius 3 is 2.81 bits per heavy atom. The van der Waals surface area contributed by atoms with Crippen molar-refractivity contribution in [2.75, 3.05) is 46.9 Å². The van der Waals surface area contributed by atoms with E-state index in [1.807, 2.05) is 43.3 Å². The molecule has 1 aliphatic rings. The van der Waals surface area contributed by atoms with Crippen molar-refractivity contribution in [3.05, 3.63) is 64.8 Å². The first-order valence-electron chi connectivity index (χ1n) is 10.3. The molecular weight excluding hydrogens is 412 g/mol. The van der Waals surface area contributed by atoms with Gasteiger partial charge in [0.2, 0.25) is 0 Å². The Hall–Kier alpha value is -2.81. The average molecular weight is 439 g/mol. The maximum Gasteiger partial charge on any atom is 0.272 e. The minimum atomic E-state index is -0.368. The molecule has 1 unspecified atom stereocenters. The number of hydrogen-bond acceptors (Lipinski definition) is 6. The van der Waals surface area contributed by atoms with Crippen molar-refractivity contribution in [1.29, 1.82) is 0 Å². The molecule has 1 fully saturated rings. The van der Waals surface area contributed by atoms with E-state index in [1.165, 1.54) is 11.3 Å². The molecule has 1 saturated heterocycles. The van der Waals surface area contributed by atoms with Crippen LogP contribution < -0.4 is 5.32 Å². The molecule has 7 nitrogen and oxygen atoms in total. The smallest absolute Gasteiger partial charge is 0.272 e. The second-order valence-electron chi connectivity index (χ2n) is 7.73. The normalized spacial score (nSPS) is 16.6. The molecule has 2 amide bonds. The lowest BCUT2D eigenvalue weighted by Gasteiger charge is -2.33. The number of nitrogens with zero attached hydrogens (tertiary/aromatic N) is 3. The molecule has 1 N–H and O–H groups in total. The number of likely N-dealkylation sites (N-methyl/N-ethyl adjacent to an activating group) is 1. The Labute approximate surface area is 185 Å². The summed E-state index contributed by atoms with van der Waals surface area (Å²) in [5.74, 6) is -0.222. The second kappa shape index (κ2) is 9.55. The third kappa shape index (κ3) is 4.76. The van der Waals surface area contributed by atoms with Crippen LogP contribution in [0.1, 0.15) is 31.8 Å². The number of carbonyl (C=O) groups excluding carboxylic acids is 2. The van der Waals surface area contributed by atoms with Crippen molar-refractivity contribution in [3.8, 4) is 0 Å². The van der Waals surface area contributed by atoms with E-state index in [-0.39, 0.29) is 17.9 Å². The van der Waals surface area contributed by atoms with Gasteiger partial charge in [-0.1, -0.05) is 24.3 Å². The lowest BCUT2D eigenvalue weighted by Crippen LogP contribution is -2.43. The van der Waals surface area contributed by atoms with E-state index in [4.69, 9.17) is 4.74 Å². The van der Waals surface area contributed by atoms with E-state index in [0.717, 1.165) is 22.2 Å². The van der Waals surface area contributed by atoms with Crippen molar-refractivity contribution >= 4 is 33.2 Å². The fraction of sp³-hybridized carbons (Fsp3) is 0.348. The minimum Gasteiger partial charge on any atom is -0.370 e. The summed E-state index contributed by atoms with van der Waals surface area (Å²) >= 11 is 1.47. The van der Waals surface area contributed by atoms with Gasteiger partial charge in [0.05, 0.1) is 18.0 Å². The van der Waals surface area contributed by atoms with E-state index in [2.05, 4.69) is 10.3 Å². The zero-order chi connectivity index (χ0) is 21.8. The van der Waals surface area contributed by atoms with Gasteiger partial charge in [0.15, 0.2) is 0 Å². The van der Waals surface area contributed by atoms with Crippen molar-refractivity contribution < 1.29 is 14.3 Å². The minimum absolute atomic E-state index is 0.102. The summed E-state index contributed by atoms with van der Waals surface area (Å²) in [5, 5.41) is 4.02. The number of pyridine rings is 1. The van der Waals surface area contributed by atoms with Gasteiger partial charge in [0.1, 0.15) is 11.8 Å². The topological polar surface area (TPSA) is 74.8 Å². The third-order valence-corrected chi connectivity index (χ3v) is 6.43. The van der Waals surface area contributed by atoms with Crippen LogP contribution in [-0.4, -0.2) is 73.5 Å². The quantitative estimate of drug-likeness (QED) is 0.641. The number of benzene rings is 1. The highest BCUT2D eigenvalue weighted by Gasteiger charge is 2.32. The highest BCUT2D eigenvalue weighted by molar-refractivity contribution is 7.21. The maximum absolute atomic E-state index is 13.0. The first-order chi connectivity index (χ1) is 15.0. The van der Waals surface area contributed by atoms with Crippen LogP contribution in [0.25, 0.3) is 10.1 Å². The predicted molar refractivity (Wildman–Crippen MR) is 122 cm³/mol. The van der Waals surface area contributed by atoms with Crippen LogP contribution >= 0.6 is 11.3 Å². The van der Waals surface area contributed by atoms with Gasteiger partial charge in [0, 0.05) is 36.1 Å². The summed E-state index contributed by atoms with van der Waals surface area (Å²) in [6.45, 7) is 2.62. The second-order valence-corrected chi connectivity index (χ2v) is 8.78. The van der Waals surface area contributed by atoms with Crippen molar-refractivity contribution in [1.82, 2.24) is 20.1 Å². The van der Waals surface area contributed by atoms with Gasteiger partial charge in [-0.05, 0) is 37.7 Å². The number of fused-ring (bicyclic) bond motifs is 1. The molecule has 8 heteroatoms. The van der Waals surface area contributed by atoms with Gasteiger partial charge in [-0.3, -0.25) is 14.6 Å². The van der Waals surface area contributed by atoms with E-state index >= 15 is 0 Å². The average Bonchev–Trinajstić information content (AvgIpc) is 3.19. The van der Waals surface area contributed by atoms with Gasteiger partial charge in [-0.15, -0.1) is 11.3 Å². The summed E-state index contributed by atoms with van der Waals surface area (Å²) in [7, 11) is 3.94. The first-order valence-corrected chi connectivity index (χ1v) is 11.1. The number of ether oxygens (including phenoxy) is 1. The molecule has 0 aliphatic carbocycles. The van der Waals surface area contributed by atoms with E-state index in [1.54, 1.807) is 29.3 Å². The highest BCUT2D eigenvalue weighted by Crippen LogP contribution is 2.38. The Morgan fingerprint density at radius 1 is 1.23 bits per heavy atom. The van der Waals surface area contributed by atoms with E-state index < -0.39 is 0 Å². The number of thiophene rings is 1. The Balaban J connectivity index is 1.61. The van der Waals surface area contributed by atoms with Gasteiger partial charge < -0.3 is 19.9 Å². The number of aromatic nitrogens is 1. The van der Waals surface area contributed by atoms with E-state index in [0.29, 0.717) is 36.8 Å². The zero-order valence-corrected chi connectivity index (χ0v) is 18.5. The molecule has 0 bridgehead atoms. The number of nitrogens with one attached hydrogen (secondary N) is 1. The number of morpholine rings is 1. The molecule has 2 aromatic heterocycles. The molecule has 3 aromatic rings. The van der Waals surface area contributed by atoms with Crippen LogP contribution in [0.5, 0.6) is 0 Å². The van der Waals surface area contributed by atoms with Crippen LogP contribution in [-0.2, 0) is 4.74 Å². The molecule has 162 valence electrons. The molecule has 1 aliphatic heterocycles. The van der Waals surface area contributed by atoms with Crippen LogP contribution in [0, 0.1) is 0 Å². The fourth-order valence-corrected chi connectivity index (χ4v) is 4.86. The molecule has 1 atom stereocenters. The van der Waals surface area contributed by atoms with Gasteiger partial charge in [-0.25, -0.2) is 0 Å². The predicted octanol–water partition coefficient (Wildman–Crippen LogP) is 2.80. The van der Waals surface area contributed by atoms with Crippen LogP contribution in [0.4, 0.5) is 0 Å². The standard InChI is InChI=1S/C23H26N4O3S/c1-26(2)12-11-25-22(28)21-20(16-7-3-4-9-19(16)31-21)18-15-27(13-14-30-18)23(29)17-8-5-6-10-24-17/h3-10,18H,11-15H2,1-2H3,(H,25,28). The Bertz CT molecular complexity index is 1070. The first kappa shape index (κ1) is 21.4. The van der Waals surface area contributed by atoms with Crippen molar-refractivity contribution in [2.24, 2.45) is 0 Å². The number of rotatable bonds is 6. The summed E-state index contributed by atoms with van der Waals surface area (Å²) < 4.78 is 7.12. The molecule has 31 heavy (non-hydrogen) atoms. The number of hydrogen-bond donors (Lipinski definition) is 1. The van der Waals surface area contributed by atoms with Crippen LogP contribution in [0.15, 0.2) is 48.7 Å². The molecule has 1 aromatic carbocycles. The van der Waals surface area contributed by atoms with Crippen molar-refractivity contribution in [3.63, 3.8) is 0 Å². The van der Waals surface area contributed by atoms with Crippen LogP contribution in [0.3, 0.4) is 0 Å². The molecule has 4 rings (SSSR count). The molecule has 0 spiro atoms. The van der Waals surface area contributed by atoms with Gasteiger partial charge in [-0.2, -0.15) is 0 Å². The van der Waals surface area contributed by atoms with Crippen molar-refractivity contribution in [2.45, 2.75) is 6.10 Å². The lowest BCUT2D eigenvalue weighted by molar-refractivity contribution is -0.0224. The SMILES string of the molecule is CN(C)CCNC(=O)c1sc2ccccc2c1C1CN(C(=O)c2ccccn2)CCO1. The Morgan fingerprint density at radius 2 is 2.03 bits per heavy atom. The molecule has 0 saturated carbocycles. The monoisotopic (exact) mass is 438 g/mol. The molecule has 0 radical (unpaired) electrons. The summed E-state index contributed by atoms with van der Waals surface area (Å²) in [4.78, 5) is 34.6. The highest BCUT2D eigenvalue weighted by atomic mass is 32.1. The number of amides is 2. The third-order valence-electron chi connectivity index (χ3n) is 5.24. The Kier molecular flexibility index (Phi) is 6.60. The molecular formula is C23H26N4O3S. The van der Waals surface area contributed by atoms with Gasteiger partial charge in [0.25, 0.3) is 11.8 Å². The fourth-order valence-electron chi connectivity index (χ4n) is 3.69. The van der Waals surface area contributed by atoms with Gasteiger partial charge >= 0.3 is 0 Å². The maximum atomic E-state index is 13.0.